The molecule has 0 atom stereocenters. The molecule has 0 fully saturated rings. The van der Waals surface area contributed by atoms with E-state index in [0.29, 0.717) is 0 Å². The molecule has 3 nitrogen and oxygen atoms in total. The molecule has 4 rings (SSSR count). The third kappa shape index (κ3) is 1.99. The van der Waals surface area contributed by atoms with Gasteiger partial charge in [-0.25, -0.2) is 0 Å². The van der Waals surface area contributed by atoms with E-state index in [-0.39, 0.29) is 0 Å². The first-order chi connectivity index (χ1) is 10.7. The number of anilines is 3. The zero-order valence-electron chi connectivity index (χ0n) is 12.4. The van der Waals surface area contributed by atoms with Crippen molar-refractivity contribution in [3.05, 3.63) is 66.7 Å². The van der Waals surface area contributed by atoms with Crippen LogP contribution in [0.1, 0.15) is 0 Å². The molecule has 1 aromatic heterocycles. The predicted molar refractivity (Wildman–Crippen MR) is 94.6 cm³/mol. The largest absolute Gasteiger partial charge is 0.399 e. The first kappa shape index (κ1) is 12.8. The van der Waals surface area contributed by atoms with Crippen LogP contribution in [0.25, 0.3) is 21.8 Å². The molecule has 22 heavy (non-hydrogen) atoms. The van der Waals surface area contributed by atoms with E-state index in [1.807, 2.05) is 24.3 Å². The first-order valence-corrected chi connectivity index (χ1v) is 7.32. The van der Waals surface area contributed by atoms with Crippen LogP contribution in [0.15, 0.2) is 66.7 Å². The van der Waals surface area contributed by atoms with E-state index in [9.17, 15) is 0 Å². The number of nitrogens with zero attached hydrogens (tertiary/aromatic N) is 1. The third-order valence-corrected chi connectivity index (χ3v) is 4.09. The Balaban J connectivity index is 1.85. The molecule has 108 valence electrons. The Kier molecular flexibility index (Phi) is 2.79. The van der Waals surface area contributed by atoms with Crippen molar-refractivity contribution < 1.29 is 0 Å². The van der Waals surface area contributed by atoms with E-state index < -0.39 is 0 Å². The molecule has 0 aliphatic rings. The minimum absolute atomic E-state index is 0.760. The highest BCUT2D eigenvalue weighted by atomic mass is 14.9. The van der Waals surface area contributed by atoms with Crippen molar-refractivity contribution >= 4 is 38.9 Å². The summed E-state index contributed by atoms with van der Waals surface area (Å²) in [4.78, 5) is 0. The Morgan fingerprint density at radius 2 is 1.55 bits per heavy atom. The minimum atomic E-state index is 0.760. The van der Waals surface area contributed by atoms with Crippen molar-refractivity contribution in [2.75, 3.05) is 11.1 Å². The summed E-state index contributed by atoms with van der Waals surface area (Å²) >= 11 is 0. The zero-order chi connectivity index (χ0) is 15.1. The van der Waals surface area contributed by atoms with E-state index in [2.05, 4.69) is 59.4 Å². The molecule has 0 saturated carbocycles. The van der Waals surface area contributed by atoms with Crippen LogP contribution in [0.2, 0.25) is 0 Å². The Hall–Kier alpha value is -2.94. The van der Waals surface area contributed by atoms with Gasteiger partial charge in [0.05, 0.1) is 0 Å². The second-order valence-corrected chi connectivity index (χ2v) is 5.56. The van der Waals surface area contributed by atoms with Gasteiger partial charge in [0.2, 0.25) is 0 Å². The second kappa shape index (κ2) is 4.81. The van der Waals surface area contributed by atoms with Gasteiger partial charge in [0, 0.05) is 45.9 Å². The standard InChI is InChI=1S/C19H17N3/c1-22-18-8-3-2-7-16(18)17-12-15(9-10-19(17)22)21-14-6-4-5-13(20)11-14/h2-12,21H,20H2,1H3. The molecule has 0 aliphatic heterocycles. The molecule has 3 heteroatoms. The topological polar surface area (TPSA) is 43.0 Å². The third-order valence-electron chi connectivity index (χ3n) is 4.09. The van der Waals surface area contributed by atoms with Gasteiger partial charge in [0.1, 0.15) is 0 Å². The van der Waals surface area contributed by atoms with Crippen LogP contribution < -0.4 is 11.1 Å². The van der Waals surface area contributed by atoms with Crippen molar-refractivity contribution in [1.82, 2.24) is 4.57 Å². The van der Waals surface area contributed by atoms with Crippen LogP contribution in [-0.4, -0.2) is 4.57 Å². The quantitative estimate of drug-likeness (QED) is 0.527. The summed E-state index contributed by atoms with van der Waals surface area (Å²) in [5, 5.41) is 5.95. The number of nitrogens with two attached hydrogens (primary N) is 1. The van der Waals surface area contributed by atoms with Gasteiger partial charge >= 0.3 is 0 Å². The molecule has 0 bridgehead atoms. The number of fused-ring (bicyclic) bond motifs is 3. The van der Waals surface area contributed by atoms with Crippen LogP contribution in [0.4, 0.5) is 17.1 Å². The van der Waals surface area contributed by atoms with Crippen LogP contribution in [0.3, 0.4) is 0 Å². The van der Waals surface area contributed by atoms with Gasteiger partial charge in [-0.05, 0) is 42.5 Å². The summed E-state index contributed by atoms with van der Waals surface area (Å²) < 4.78 is 2.23. The Bertz CT molecular complexity index is 982. The normalized spacial score (nSPS) is 11.1. The lowest BCUT2D eigenvalue weighted by atomic mass is 10.1. The van der Waals surface area contributed by atoms with E-state index in [1.165, 1.54) is 21.8 Å². The van der Waals surface area contributed by atoms with E-state index >= 15 is 0 Å². The van der Waals surface area contributed by atoms with Crippen LogP contribution >= 0.6 is 0 Å². The second-order valence-electron chi connectivity index (χ2n) is 5.56. The number of aryl methyl sites for hydroxylation is 1. The molecule has 1 heterocycles. The van der Waals surface area contributed by atoms with E-state index in [0.717, 1.165) is 17.1 Å². The fourth-order valence-corrected chi connectivity index (χ4v) is 3.03. The summed E-state index contributed by atoms with van der Waals surface area (Å²) in [6.45, 7) is 0. The van der Waals surface area contributed by atoms with Crippen molar-refractivity contribution in [2.24, 2.45) is 7.05 Å². The monoisotopic (exact) mass is 287 g/mol. The Morgan fingerprint density at radius 3 is 2.41 bits per heavy atom. The number of benzene rings is 3. The summed E-state index contributed by atoms with van der Waals surface area (Å²) in [6, 6.07) is 22.7. The van der Waals surface area contributed by atoms with Crippen molar-refractivity contribution in [3.8, 4) is 0 Å². The molecular weight excluding hydrogens is 270 g/mol. The molecule has 0 saturated heterocycles. The maximum absolute atomic E-state index is 5.84. The zero-order valence-corrected chi connectivity index (χ0v) is 12.4. The molecule has 0 aliphatic carbocycles. The fourth-order valence-electron chi connectivity index (χ4n) is 3.03. The van der Waals surface area contributed by atoms with Crippen molar-refractivity contribution in [3.63, 3.8) is 0 Å². The van der Waals surface area contributed by atoms with Crippen LogP contribution in [-0.2, 0) is 7.05 Å². The van der Waals surface area contributed by atoms with Gasteiger partial charge in [-0.15, -0.1) is 0 Å². The number of nitrogens with one attached hydrogen (secondary N) is 1. The summed E-state index contributed by atoms with van der Waals surface area (Å²) in [6.07, 6.45) is 0. The number of aromatic nitrogens is 1. The maximum Gasteiger partial charge on any atom is 0.0490 e. The number of hydrogen-bond donors (Lipinski definition) is 2. The van der Waals surface area contributed by atoms with E-state index in [1.54, 1.807) is 0 Å². The SMILES string of the molecule is Cn1c2ccccc2c2cc(Nc3cccc(N)c3)ccc21. The average molecular weight is 287 g/mol. The van der Waals surface area contributed by atoms with Crippen molar-refractivity contribution in [2.45, 2.75) is 0 Å². The molecule has 0 radical (unpaired) electrons. The number of rotatable bonds is 2. The minimum Gasteiger partial charge on any atom is -0.399 e. The van der Waals surface area contributed by atoms with Gasteiger partial charge in [-0.2, -0.15) is 0 Å². The maximum atomic E-state index is 5.84. The van der Waals surface area contributed by atoms with Crippen LogP contribution in [0.5, 0.6) is 0 Å². The number of nitrogen functional groups attached to an aromatic ring is 1. The molecular formula is C19H17N3. The highest BCUT2D eigenvalue weighted by molar-refractivity contribution is 6.09. The number of hydrogen-bond acceptors (Lipinski definition) is 2. The highest BCUT2D eigenvalue weighted by Crippen LogP contribution is 2.31. The number of para-hydroxylation sites is 1. The molecule has 0 unspecified atom stereocenters. The summed E-state index contributed by atoms with van der Waals surface area (Å²) in [5.74, 6) is 0. The summed E-state index contributed by atoms with van der Waals surface area (Å²) in [7, 11) is 2.11. The lowest BCUT2D eigenvalue weighted by Crippen LogP contribution is -1.92. The van der Waals surface area contributed by atoms with Crippen LogP contribution in [0, 0.1) is 0 Å². The Morgan fingerprint density at radius 1 is 0.773 bits per heavy atom. The average Bonchev–Trinajstić information content (AvgIpc) is 2.81. The molecule has 0 spiro atoms. The molecule has 3 aromatic carbocycles. The Labute approximate surface area is 129 Å². The molecule has 3 N–H and O–H groups in total. The van der Waals surface area contributed by atoms with Gasteiger partial charge in [0.15, 0.2) is 0 Å². The van der Waals surface area contributed by atoms with Gasteiger partial charge in [0.25, 0.3) is 0 Å². The van der Waals surface area contributed by atoms with Gasteiger partial charge < -0.3 is 15.6 Å². The molecule has 0 amide bonds. The highest BCUT2D eigenvalue weighted by Gasteiger charge is 2.08. The lowest BCUT2D eigenvalue weighted by molar-refractivity contribution is 1.01. The smallest absolute Gasteiger partial charge is 0.0490 e. The summed E-state index contributed by atoms with van der Waals surface area (Å²) in [5.41, 5.74) is 11.1. The lowest BCUT2D eigenvalue weighted by Gasteiger charge is -2.07. The van der Waals surface area contributed by atoms with Crippen molar-refractivity contribution in [1.29, 1.82) is 0 Å². The first-order valence-electron chi connectivity index (χ1n) is 7.32. The van der Waals surface area contributed by atoms with E-state index in [4.69, 9.17) is 5.73 Å². The fraction of sp³-hybridized carbons (Fsp3) is 0.0526. The predicted octanol–water partition coefficient (Wildman–Crippen LogP) is 4.66. The molecule has 4 aromatic rings. The van der Waals surface area contributed by atoms with Gasteiger partial charge in [-0.1, -0.05) is 24.3 Å². The van der Waals surface area contributed by atoms with Gasteiger partial charge in [-0.3, -0.25) is 0 Å².